The van der Waals surface area contributed by atoms with Crippen molar-refractivity contribution in [3.8, 4) is 5.75 Å². The van der Waals surface area contributed by atoms with E-state index in [9.17, 15) is 0 Å². The minimum absolute atomic E-state index is 0.844. The Morgan fingerprint density at radius 3 is 2.56 bits per heavy atom. The average molecular weight is 245 g/mol. The lowest BCUT2D eigenvalue weighted by Gasteiger charge is -2.37. The number of nitrogens with zero attached hydrogens (tertiary/aromatic N) is 1. The first-order valence-electron chi connectivity index (χ1n) is 7.34. The van der Waals surface area contributed by atoms with Gasteiger partial charge in [-0.1, -0.05) is 18.2 Å². The number of benzene rings is 1. The van der Waals surface area contributed by atoms with E-state index in [1.54, 1.807) is 0 Å². The highest BCUT2D eigenvalue weighted by Crippen LogP contribution is 2.31. The predicted molar refractivity (Wildman–Crippen MR) is 74.2 cm³/mol. The van der Waals surface area contributed by atoms with E-state index in [-0.39, 0.29) is 0 Å². The van der Waals surface area contributed by atoms with Crippen LogP contribution < -0.4 is 9.64 Å². The van der Waals surface area contributed by atoms with Crippen molar-refractivity contribution in [3.63, 3.8) is 0 Å². The van der Waals surface area contributed by atoms with Gasteiger partial charge in [-0.3, -0.25) is 0 Å². The molecule has 2 nitrogen and oxygen atoms in total. The van der Waals surface area contributed by atoms with Crippen molar-refractivity contribution in [2.75, 3.05) is 19.7 Å². The summed E-state index contributed by atoms with van der Waals surface area (Å²) in [7, 11) is 0. The van der Waals surface area contributed by atoms with E-state index in [0.29, 0.717) is 0 Å². The summed E-state index contributed by atoms with van der Waals surface area (Å²) in [6.07, 6.45) is 6.81. The van der Waals surface area contributed by atoms with Gasteiger partial charge in [0.15, 0.2) is 0 Å². The summed E-state index contributed by atoms with van der Waals surface area (Å²) < 4.78 is 5.76. The van der Waals surface area contributed by atoms with Gasteiger partial charge in [-0.25, -0.2) is 0 Å². The number of ether oxygens (including phenoxy) is 1. The molecule has 3 aliphatic heterocycles. The van der Waals surface area contributed by atoms with Gasteiger partial charge in [0.2, 0.25) is 0 Å². The fourth-order valence-corrected chi connectivity index (χ4v) is 3.41. The maximum atomic E-state index is 5.76. The van der Waals surface area contributed by atoms with Crippen LogP contribution >= 0.6 is 0 Å². The van der Waals surface area contributed by atoms with E-state index in [1.807, 2.05) is 30.3 Å². The first-order valence-corrected chi connectivity index (χ1v) is 7.34. The Labute approximate surface area is 110 Å². The molecule has 2 heteroatoms. The number of hydrogen-bond acceptors (Lipinski definition) is 2. The first-order chi connectivity index (χ1) is 8.92. The Bertz CT molecular complexity index is 357. The second-order valence-corrected chi connectivity index (χ2v) is 5.67. The zero-order chi connectivity index (χ0) is 12.2. The molecule has 3 aliphatic rings. The second-order valence-electron chi connectivity index (χ2n) is 5.67. The summed E-state index contributed by atoms with van der Waals surface area (Å²) in [5, 5.41) is 0. The van der Waals surface area contributed by atoms with Crippen molar-refractivity contribution in [1.29, 1.82) is 0 Å². The van der Waals surface area contributed by atoms with Gasteiger partial charge < -0.3 is 4.74 Å². The molecule has 0 amide bonds. The van der Waals surface area contributed by atoms with Crippen molar-refractivity contribution < 1.29 is 4.74 Å². The van der Waals surface area contributed by atoms with E-state index in [1.165, 1.54) is 45.2 Å². The Kier molecular flexibility index (Phi) is 3.84. The van der Waals surface area contributed by atoms with Gasteiger partial charge in [0.1, 0.15) is 24.9 Å². The summed E-state index contributed by atoms with van der Waals surface area (Å²) in [6.45, 7) is 3.54. The van der Waals surface area contributed by atoms with Crippen LogP contribution in [0.3, 0.4) is 0 Å². The van der Waals surface area contributed by atoms with Crippen molar-refractivity contribution in [3.05, 3.63) is 30.3 Å². The predicted octanol–water partition coefficient (Wildman–Crippen LogP) is 3.17. The summed E-state index contributed by atoms with van der Waals surface area (Å²) >= 11 is 0. The molecule has 1 aromatic rings. The summed E-state index contributed by atoms with van der Waals surface area (Å²) in [5.41, 5.74) is 0. The van der Waals surface area contributed by atoms with E-state index >= 15 is 0 Å². The van der Waals surface area contributed by atoms with Crippen molar-refractivity contribution in [2.45, 2.75) is 38.1 Å². The number of piperidine rings is 3. The number of fused-ring (bicyclic) bond motifs is 3. The van der Waals surface area contributed by atoms with Gasteiger partial charge in [-0.2, -0.15) is 4.90 Å². The second kappa shape index (κ2) is 5.75. The summed E-state index contributed by atoms with van der Waals surface area (Å²) in [6, 6.07) is 11.0. The molecule has 3 saturated heterocycles. The van der Waals surface area contributed by atoms with Gasteiger partial charge in [0.25, 0.3) is 0 Å². The lowest BCUT2D eigenvalue weighted by atomic mass is 9.82. The molecule has 0 saturated carbocycles. The maximum absolute atomic E-state index is 5.76. The molecule has 1 atom stereocenters. The van der Waals surface area contributed by atoms with Gasteiger partial charge in [0.05, 0.1) is 6.61 Å². The highest BCUT2D eigenvalue weighted by atomic mass is 16.5. The van der Waals surface area contributed by atoms with Crippen LogP contribution in [-0.2, 0) is 0 Å². The molecule has 1 aromatic carbocycles. The molecule has 1 radical (unpaired) electrons. The van der Waals surface area contributed by atoms with Crippen LogP contribution in [0.1, 0.15) is 32.1 Å². The van der Waals surface area contributed by atoms with Crippen LogP contribution in [-0.4, -0.2) is 25.7 Å². The Morgan fingerprint density at radius 1 is 1.11 bits per heavy atom. The van der Waals surface area contributed by atoms with Gasteiger partial charge in [-0.15, -0.1) is 0 Å². The fraction of sp³-hybridized carbons (Fsp3) is 0.625. The minimum atomic E-state index is 0.844. The maximum Gasteiger partial charge on any atom is 0.133 e. The molecule has 0 aromatic heterocycles. The molecule has 3 heterocycles. The van der Waals surface area contributed by atoms with Crippen molar-refractivity contribution >= 4 is 0 Å². The molecular formula is C16H23NO+. The van der Waals surface area contributed by atoms with Crippen LogP contribution in [0.5, 0.6) is 5.75 Å². The third kappa shape index (κ3) is 2.86. The van der Waals surface area contributed by atoms with Crippen LogP contribution in [0.15, 0.2) is 30.3 Å². The van der Waals surface area contributed by atoms with E-state index in [0.717, 1.165) is 24.3 Å². The van der Waals surface area contributed by atoms with Crippen LogP contribution in [0, 0.1) is 5.92 Å². The van der Waals surface area contributed by atoms with Crippen molar-refractivity contribution in [1.82, 2.24) is 4.90 Å². The molecule has 18 heavy (non-hydrogen) atoms. The fourth-order valence-electron chi connectivity index (χ4n) is 3.41. The van der Waals surface area contributed by atoms with Crippen LogP contribution in [0.4, 0.5) is 0 Å². The van der Waals surface area contributed by atoms with E-state index < -0.39 is 0 Å². The molecule has 1 unspecified atom stereocenters. The van der Waals surface area contributed by atoms with E-state index in [2.05, 4.69) is 4.90 Å². The quantitative estimate of drug-likeness (QED) is 0.574. The molecule has 97 valence electrons. The largest absolute Gasteiger partial charge is 0.494 e. The molecule has 2 bridgehead atoms. The molecule has 4 rings (SSSR count). The Hall–Kier alpha value is -1.02. The molecule has 0 N–H and O–H groups in total. The normalized spacial score (nSPS) is 30.3. The van der Waals surface area contributed by atoms with Crippen LogP contribution in [0.2, 0.25) is 0 Å². The van der Waals surface area contributed by atoms with Gasteiger partial charge >= 0.3 is 0 Å². The summed E-state index contributed by atoms with van der Waals surface area (Å²) in [5.74, 6) is 2.03. The standard InChI is InChI=1S/C16H23NO/c1-2-6-16(7-3-1)18-12-4-5-15-13-14-8-10-17(15)11-9-14/h1-3,6-7,14-15H,4-5,8-13H2/q+1. The SMILES string of the molecule is c1ccc(OCCCC2CC3CC[N+]2CC3)cc1. The number of rotatable bonds is 5. The van der Waals surface area contributed by atoms with Crippen LogP contribution in [0.25, 0.3) is 0 Å². The minimum Gasteiger partial charge on any atom is -0.494 e. The molecule has 3 fully saturated rings. The van der Waals surface area contributed by atoms with Gasteiger partial charge in [-0.05, 0) is 24.5 Å². The third-order valence-corrected chi connectivity index (χ3v) is 4.46. The smallest absolute Gasteiger partial charge is 0.133 e. The van der Waals surface area contributed by atoms with Crippen molar-refractivity contribution in [2.24, 2.45) is 5.92 Å². The molecule has 0 aliphatic carbocycles. The van der Waals surface area contributed by atoms with Gasteiger partial charge in [0, 0.05) is 25.7 Å². The molecule has 0 spiro atoms. The highest BCUT2D eigenvalue weighted by Gasteiger charge is 2.40. The monoisotopic (exact) mass is 245 g/mol. The Balaban J connectivity index is 1.38. The third-order valence-electron chi connectivity index (χ3n) is 4.46. The highest BCUT2D eigenvalue weighted by molar-refractivity contribution is 5.20. The molecular weight excluding hydrogens is 222 g/mol. The lowest BCUT2D eigenvalue weighted by Crippen LogP contribution is -2.52. The lowest BCUT2D eigenvalue weighted by molar-refractivity contribution is 0.117. The Morgan fingerprint density at radius 2 is 1.89 bits per heavy atom. The average Bonchev–Trinajstić information content (AvgIpc) is 2.46. The first kappa shape index (κ1) is 12.0. The summed E-state index contributed by atoms with van der Waals surface area (Å²) in [4.78, 5) is 2.70. The zero-order valence-electron chi connectivity index (χ0n) is 11.1. The number of hydrogen-bond donors (Lipinski definition) is 0. The topological polar surface area (TPSA) is 15.1 Å². The van der Waals surface area contributed by atoms with E-state index in [4.69, 9.17) is 4.74 Å². The number of para-hydroxylation sites is 1. The zero-order valence-corrected chi connectivity index (χ0v) is 11.1.